The fraction of sp³-hybridized carbons (Fsp3) is 0.158. The summed E-state index contributed by atoms with van der Waals surface area (Å²) in [5.41, 5.74) is 1.08. The van der Waals surface area contributed by atoms with Crippen LogP contribution in [0.15, 0.2) is 47.4 Å². The number of carbonyl (C=O) groups is 1. The average Bonchev–Trinajstić information content (AvgIpc) is 2.91. The normalized spacial score (nSPS) is 15.8. The van der Waals surface area contributed by atoms with Crippen LogP contribution in [-0.4, -0.2) is 31.5 Å². The summed E-state index contributed by atoms with van der Waals surface area (Å²) in [6.45, 7) is 2.06. The van der Waals surface area contributed by atoms with Crippen LogP contribution < -0.4 is 13.8 Å². The Morgan fingerprint density at radius 2 is 1.86 bits per heavy atom. The lowest BCUT2D eigenvalue weighted by atomic mass is 10.2. The van der Waals surface area contributed by atoms with Crippen LogP contribution >= 0.6 is 24.0 Å². The number of thioether (sulfide) groups is 1. The van der Waals surface area contributed by atoms with E-state index in [1.54, 1.807) is 25.1 Å². The zero-order valence-electron chi connectivity index (χ0n) is 15.4. The Labute approximate surface area is 177 Å². The van der Waals surface area contributed by atoms with Crippen LogP contribution in [0.3, 0.4) is 0 Å². The summed E-state index contributed by atoms with van der Waals surface area (Å²) >= 11 is 6.41. The Morgan fingerprint density at radius 1 is 1.17 bits per heavy atom. The van der Waals surface area contributed by atoms with Crippen LogP contribution in [0.5, 0.6) is 11.5 Å². The molecule has 1 fully saturated rings. The fourth-order valence-electron chi connectivity index (χ4n) is 2.55. The minimum Gasteiger partial charge on any atom is -0.490 e. The van der Waals surface area contributed by atoms with Crippen molar-refractivity contribution in [1.82, 2.24) is 0 Å². The Bertz CT molecular complexity index is 1100. The second-order valence-corrected chi connectivity index (χ2v) is 9.17. The summed E-state index contributed by atoms with van der Waals surface area (Å²) < 4.78 is 46.7. The van der Waals surface area contributed by atoms with E-state index in [4.69, 9.17) is 21.1 Å². The molecule has 0 bridgehead atoms. The Balaban J connectivity index is 1.91. The molecule has 1 saturated heterocycles. The highest BCUT2D eigenvalue weighted by Gasteiger charge is 2.33. The van der Waals surface area contributed by atoms with Gasteiger partial charge in [0.15, 0.2) is 15.8 Å². The molecule has 0 aromatic heterocycles. The third-order valence-corrected chi connectivity index (χ3v) is 5.47. The van der Waals surface area contributed by atoms with Gasteiger partial charge < -0.3 is 8.92 Å². The highest BCUT2D eigenvalue weighted by molar-refractivity contribution is 8.27. The first kappa shape index (κ1) is 21.3. The molecule has 152 valence electrons. The molecule has 0 saturated carbocycles. The van der Waals surface area contributed by atoms with Crippen LogP contribution in [0.1, 0.15) is 12.5 Å². The number of hydrogen-bond donors (Lipinski definition) is 0. The molecule has 2 aromatic carbocycles. The lowest BCUT2D eigenvalue weighted by Gasteiger charge is -2.14. The van der Waals surface area contributed by atoms with Crippen LogP contribution in [-0.2, 0) is 14.9 Å². The molecule has 0 N–H and O–H groups in total. The molecular formula is C19H16FNO5S3. The lowest BCUT2D eigenvalue weighted by molar-refractivity contribution is -0.113. The van der Waals surface area contributed by atoms with Gasteiger partial charge in [0, 0.05) is 0 Å². The Hall–Kier alpha value is -2.43. The maximum atomic E-state index is 13.2. The van der Waals surface area contributed by atoms with E-state index in [0.29, 0.717) is 27.1 Å². The fourth-order valence-corrected chi connectivity index (χ4v) is 4.31. The maximum Gasteiger partial charge on any atom is 0.306 e. The molecule has 3 rings (SSSR count). The quantitative estimate of drug-likeness (QED) is 0.372. The van der Waals surface area contributed by atoms with Crippen LogP contribution in [0.2, 0.25) is 0 Å². The van der Waals surface area contributed by atoms with Gasteiger partial charge in [0.1, 0.15) is 5.82 Å². The number of benzene rings is 2. The van der Waals surface area contributed by atoms with Gasteiger partial charge in [-0.15, -0.1) is 0 Å². The first-order chi connectivity index (χ1) is 13.7. The van der Waals surface area contributed by atoms with Gasteiger partial charge in [0.25, 0.3) is 5.91 Å². The van der Waals surface area contributed by atoms with Crippen molar-refractivity contribution < 1.29 is 26.5 Å². The van der Waals surface area contributed by atoms with Gasteiger partial charge in [-0.05, 0) is 55.0 Å². The first-order valence-corrected chi connectivity index (χ1v) is 11.4. The number of anilines is 1. The third kappa shape index (κ3) is 5.14. The highest BCUT2D eigenvalue weighted by Crippen LogP contribution is 2.37. The number of nitrogens with zero attached hydrogens (tertiary/aromatic N) is 1. The van der Waals surface area contributed by atoms with E-state index < -0.39 is 15.9 Å². The summed E-state index contributed by atoms with van der Waals surface area (Å²) in [5, 5.41) is 0. The van der Waals surface area contributed by atoms with Crippen molar-refractivity contribution in [3.63, 3.8) is 0 Å². The minimum atomic E-state index is -3.71. The van der Waals surface area contributed by atoms with E-state index in [2.05, 4.69) is 0 Å². The second kappa shape index (κ2) is 8.52. The van der Waals surface area contributed by atoms with Crippen molar-refractivity contribution >= 4 is 56.1 Å². The van der Waals surface area contributed by atoms with Gasteiger partial charge in [-0.3, -0.25) is 9.69 Å². The van der Waals surface area contributed by atoms with Gasteiger partial charge in [-0.2, -0.15) is 8.42 Å². The molecule has 2 aromatic rings. The average molecular weight is 454 g/mol. The monoisotopic (exact) mass is 453 g/mol. The number of rotatable bonds is 6. The zero-order chi connectivity index (χ0) is 21.2. The van der Waals surface area contributed by atoms with Crippen LogP contribution in [0.4, 0.5) is 10.1 Å². The molecular weight excluding hydrogens is 437 g/mol. The Morgan fingerprint density at radius 3 is 2.48 bits per heavy atom. The predicted molar refractivity (Wildman–Crippen MR) is 115 cm³/mol. The number of amides is 1. The lowest BCUT2D eigenvalue weighted by Crippen LogP contribution is -2.27. The van der Waals surface area contributed by atoms with E-state index in [-0.39, 0.29) is 17.4 Å². The topological polar surface area (TPSA) is 72.9 Å². The van der Waals surface area contributed by atoms with Gasteiger partial charge in [0.2, 0.25) is 0 Å². The van der Waals surface area contributed by atoms with Crippen molar-refractivity contribution in [3.05, 3.63) is 58.8 Å². The summed E-state index contributed by atoms with van der Waals surface area (Å²) in [6, 6.07) is 10.1. The van der Waals surface area contributed by atoms with E-state index in [1.165, 1.54) is 35.2 Å². The van der Waals surface area contributed by atoms with Gasteiger partial charge >= 0.3 is 10.1 Å². The summed E-state index contributed by atoms with van der Waals surface area (Å²) in [7, 11) is -3.71. The van der Waals surface area contributed by atoms with E-state index in [1.807, 2.05) is 0 Å². The molecule has 1 aliphatic rings. The van der Waals surface area contributed by atoms with Crippen molar-refractivity contribution in [1.29, 1.82) is 0 Å². The molecule has 1 heterocycles. The van der Waals surface area contributed by atoms with Crippen LogP contribution in [0.25, 0.3) is 6.08 Å². The standard InChI is InChI=1S/C19H16FNO5S3/c1-3-25-16-10-12(4-9-15(16)26-29(2,23)24)11-17-18(22)21(19(27)28-17)14-7-5-13(20)6-8-14/h4-11H,3H2,1-2H3. The molecule has 1 aliphatic heterocycles. The van der Waals surface area contributed by atoms with E-state index in [9.17, 15) is 17.6 Å². The molecule has 0 atom stereocenters. The van der Waals surface area contributed by atoms with Crippen molar-refractivity contribution in [2.75, 3.05) is 17.8 Å². The van der Waals surface area contributed by atoms with E-state index >= 15 is 0 Å². The van der Waals surface area contributed by atoms with Crippen molar-refractivity contribution in [3.8, 4) is 11.5 Å². The van der Waals surface area contributed by atoms with Gasteiger partial charge in [-0.1, -0.05) is 30.0 Å². The SMILES string of the molecule is CCOc1cc(C=C2SC(=S)N(c3ccc(F)cc3)C2=O)ccc1OS(C)(=O)=O. The highest BCUT2D eigenvalue weighted by atomic mass is 32.2. The molecule has 0 spiro atoms. The summed E-state index contributed by atoms with van der Waals surface area (Å²) in [5.74, 6) is -0.443. The first-order valence-electron chi connectivity index (χ1n) is 8.38. The third-order valence-electron chi connectivity index (χ3n) is 3.69. The molecule has 0 unspecified atom stereocenters. The number of hydrogen-bond acceptors (Lipinski definition) is 7. The Kier molecular flexibility index (Phi) is 6.25. The molecule has 6 nitrogen and oxygen atoms in total. The molecule has 1 amide bonds. The largest absolute Gasteiger partial charge is 0.490 e. The number of halogens is 1. The zero-order valence-corrected chi connectivity index (χ0v) is 17.9. The number of thiocarbonyl (C=S) groups is 1. The van der Waals surface area contributed by atoms with Crippen LogP contribution in [0, 0.1) is 5.82 Å². The maximum absolute atomic E-state index is 13.2. The summed E-state index contributed by atoms with van der Waals surface area (Å²) in [6.07, 6.45) is 2.56. The second-order valence-electron chi connectivity index (χ2n) is 5.92. The predicted octanol–water partition coefficient (Wildman–Crippen LogP) is 3.97. The smallest absolute Gasteiger partial charge is 0.306 e. The van der Waals surface area contributed by atoms with Gasteiger partial charge in [0.05, 0.1) is 23.5 Å². The summed E-state index contributed by atoms with van der Waals surface area (Å²) in [4.78, 5) is 14.5. The van der Waals surface area contributed by atoms with Crippen molar-refractivity contribution in [2.45, 2.75) is 6.92 Å². The molecule has 0 aliphatic carbocycles. The van der Waals surface area contributed by atoms with Crippen molar-refractivity contribution in [2.24, 2.45) is 0 Å². The van der Waals surface area contributed by atoms with E-state index in [0.717, 1.165) is 18.0 Å². The number of ether oxygens (including phenoxy) is 1. The van der Waals surface area contributed by atoms with Gasteiger partial charge in [-0.25, -0.2) is 4.39 Å². The molecule has 0 radical (unpaired) electrons. The molecule has 10 heteroatoms. The number of carbonyl (C=O) groups excluding carboxylic acids is 1. The minimum absolute atomic E-state index is 0.0605. The molecule has 29 heavy (non-hydrogen) atoms.